The van der Waals surface area contributed by atoms with Crippen LogP contribution in [-0.2, 0) is 13.0 Å². The number of rotatable bonds is 2. The molecule has 2 aromatic rings. The molecule has 4 heteroatoms. The summed E-state index contributed by atoms with van der Waals surface area (Å²) in [5.41, 5.74) is 2.87. The summed E-state index contributed by atoms with van der Waals surface area (Å²) in [5.74, 6) is 1.92. The zero-order chi connectivity index (χ0) is 15.1. The number of hydrogen-bond acceptors (Lipinski definition) is 2. The molecule has 1 aliphatic heterocycles. The molecule has 4 nitrogen and oxygen atoms in total. The highest BCUT2D eigenvalue weighted by Crippen LogP contribution is 2.26. The second kappa shape index (κ2) is 5.41. The van der Waals surface area contributed by atoms with Crippen LogP contribution >= 0.6 is 0 Å². The van der Waals surface area contributed by atoms with Crippen LogP contribution in [0.25, 0.3) is 11.0 Å². The Labute approximate surface area is 130 Å². The molecular formula is C18H23N3O. The van der Waals surface area contributed by atoms with E-state index in [1.807, 2.05) is 12.1 Å². The van der Waals surface area contributed by atoms with E-state index >= 15 is 0 Å². The third-order valence-electron chi connectivity index (χ3n) is 5.16. The molecule has 1 aliphatic carbocycles. The zero-order valence-electron chi connectivity index (χ0n) is 13.1. The van der Waals surface area contributed by atoms with Crippen LogP contribution in [0, 0.1) is 5.92 Å². The topological polar surface area (TPSA) is 46.9 Å². The van der Waals surface area contributed by atoms with Gasteiger partial charge in [-0.1, -0.05) is 19.8 Å². The number of benzene rings is 1. The summed E-state index contributed by atoms with van der Waals surface area (Å²) in [4.78, 5) is 17.2. The molecule has 0 saturated heterocycles. The Hall–Kier alpha value is -1.84. The van der Waals surface area contributed by atoms with Gasteiger partial charge in [-0.3, -0.25) is 4.79 Å². The fraction of sp³-hybridized carbons (Fsp3) is 0.556. The van der Waals surface area contributed by atoms with Crippen molar-refractivity contribution in [3.8, 4) is 0 Å². The predicted molar refractivity (Wildman–Crippen MR) is 86.9 cm³/mol. The van der Waals surface area contributed by atoms with Crippen LogP contribution in [0.5, 0.6) is 0 Å². The number of aromatic nitrogens is 2. The highest BCUT2D eigenvalue weighted by molar-refractivity contribution is 5.97. The van der Waals surface area contributed by atoms with Crippen molar-refractivity contribution in [2.24, 2.45) is 5.92 Å². The van der Waals surface area contributed by atoms with Crippen molar-refractivity contribution in [2.75, 3.05) is 0 Å². The quantitative estimate of drug-likeness (QED) is 0.924. The summed E-state index contributed by atoms with van der Waals surface area (Å²) >= 11 is 0. The first-order valence-electron chi connectivity index (χ1n) is 8.51. The number of carbonyl (C=O) groups excluding carboxylic acids is 1. The molecule has 1 fully saturated rings. The van der Waals surface area contributed by atoms with Gasteiger partial charge in [-0.15, -0.1) is 0 Å². The Morgan fingerprint density at radius 1 is 1.27 bits per heavy atom. The lowest BCUT2D eigenvalue weighted by atomic mass is 10.0. The molecule has 1 saturated carbocycles. The molecule has 1 amide bonds. The van der Waals surface area contributed by atoms with E-state index in [4.69, 9.17) is 4.98 Å². The third kappa shape index (κ3) is 2.40. The molecule has 1 atom stereocenters. The summed E-state index contributed by atoms with van der Waals surface area (Å²) in [6, 6.07) is 6.32. The van der Waals surface area contributed by atoms with E-state index < -0.39 is 0 Å². The minimum absolute atomic E-state index is 0.0492. The van der Waals surface area contributed by atoms with Gasteiger partial charge in [0.05, 0.1) is 11.0 Å². The summed E-state index contributed by atoms with van der Waals surface area (Å²) in [7, 11) is 0. The molecule has 1 aromatic carbocycles. The number of carbonyl (C=O) groups is 1. The van der Waals surface area contributed by atoms with Gasteiger partial charge in [0, 0.05) is 24.6 Å². The second-order valence-corrected chi connectivity index (χ2v) is 6.94. The Morgan fingerprint density at radius 2 is 2.09 bits per heavy atom. The fourth-order valence-electron chi connectivity index (χ4n) is 3.83. The lowest BCUT2D eigenvalue weighted by Gasteiger charge is -2.20. The van der Waals surface area contributed by atoms with Gasteiger partial charge in [-0.2, -0.15) is 0 Å². The largest absolute Gasteiger partial charge is 0.349 e. The molecule has 1 aromatic heterocycles. The molecule has 2 heterocycles. The van der Waals surface area contributed by atoms with E-state index in [2.05, 4.69) is 22.9 Å². The fourth-order valence-corrected chi connectivity index (χ4v) is 3.83. The molecule has 116 valence electrons. The second-order valence-electron chi connectivity index (χ2n) is 6.94. The Kier molecular flexibility index (Phi) is 3.40. The maximum Gasteiger partial charge on any atom is 0.251 e. The van der Waals surface area contributed by atoms with Crippen LogP contribution in [-0.4, -0.2) is 21.5 Å². The minimum Gasteiger partial charge on any atom is -0.349 e. The van der Waals surface area contributed by atoms with Crippen LogP contribution in [0.3, 0.4) is 0 Å². The van der Waals surface area contributed by atoms with Gasteiger partial charge in [-0.25, -0.2) is 4.98 Å². The normalized spacial score (nSPS) is 22.0. The average molecular weight is 297 g/mol. The van der Waals surface area contributed by atoms with Crippen LogP contribution in [0.2, 0.25) is 0 Å². The monoisotopic (exact) mass is 297 g/mol. The molecule has 0 bridgehead atoms. The number of imidazole rings is 1. The Bertz CT molecular complexity index is 712. The molecular weight excluding hydrogens is 274 g/mol. The molecule has 0 spiro atoms. The van der Waals surface area contributed by atoms with Crippen molar-refractivity contribution < 1.29 is 4.79 Å². The highest BCUT2D eigenvalue weighted by atomic mass is 16.1. The Morgan fingerprint density at radius 3 is 2.91 bits per heavy atom. The van der Waals surface area contributed by atoms with E-state index in [-0.39, 0.29) is 5.91 Å². The number of hydrogen-bond donors (Lipinski definition) is 1. The summed E-state index contributed by atoms with van der Waals surface area (Å²) in [6.45, 7) is 3.32. The first-order valence-corrected chi connectivity index (χ1v) is 8.51. The van der Waals surface area contributed by atoms with Gasteiger partial charge in [-0.05, 0) is 43.4 Å². The molecule has 22 heavy (non-hydrogen) atoms. The number of nitrogens with zero attached hydrogens (tertiary/aromatic N) is 2. The van der Waals surface area contributed by atoms with Crippen molar-refractivity contribution in [3.05, 3.63) is 29.6 Å². The van der Waals surface area contributed by atoms with E-state index in [0.717, 1.165) is 36.9 Å². The number of aryl methyl sites for hydroxylation is 1. The van der Waals surface area contributed by atoms with Crippen LogP contribution in [0.15, 0.2) is 18.2 Å². The van der Waals surface area contributed by atoms with E-state index in [1.54, 1.807) is 0 Å². The molecule has 1 N–H and O–H groups in total. The average Bonchev–Trinajstić information content (AvgIpc) is 3.12. The van der Waals surface area contributed by atoms with Gasteiger partial charge in [0.1, 0.15) is 5.82 Å². The van der Waals surface area contributed by atoms with Gasteiger partial charge in [0.2, 0.25) is 0 Å². The van der Waals surface area contributed by atoms with Crippen LogP contribution in [0.4, 0.5) is 0 Å². The molecule has 2 aliphatic rings. The van der Waals surface area contributed by atoms with Crippen LogP contribution < -0.4 is 5.32 Å². The molecule has 0 radical (unpaired) electrons. The van der Waals surface area contributed by atoms with Gasteiger partial charge in [0.25, 0.3) is 5.91 Å². The third-order valence-corrected chi connectivity index (χ3v) is 5.16. The standard InChI is InChI=1S/C18H23N3O/c1-12-8-9-21-16-7-6-13(11-15(16)20-17(21)10-12)18(22)19-14-4-2-3-5-14/h6-7,11-12,14H,2-5,8-10H2,1H3,(H,19,22)/t12-/m1/s1. The van der Waals surface area contributed by atoms with Gasteiger partial charge in [0.15, 0.2) is 0 Å². The highest BCUT2D eigenvalue weighted by Gasteiger charge is 2.21. The SMILES string of the molecule is C[C@@H]1CCn2c(nc3cc(C(=O)NC4CCCC4)ccc32)C1. The number of amides is 1. The first kappa shape index (κ1) is 13.8. The van der Waals surface area contributed by atoms with Crippen molar-refractivity contribution in [1.29, 1.82) is 0 Å². The van der Waals surface area contributed by atoms with E-state index in [0.29, 0.717) is 12.0 Å². The summed E-state index contributed by atoms with van der Waals surface area (Å²) in [6.07, 6.45) is 6.95. The molecule has 4 rings (SSSR count). The van der Waals surface area contributed by atoms with Crippen molar-refractivity contribution in [2.45, 2.75) is 58.0 Å². The zero-order valence-corrected chi connectivity index (χ0v) is 13.1. The van der Waals surface area contributed by atoms with Crippen molar-refractivity contribution in [3.63, 3.8) is 0 Å². The smallest absolute Gasteiger partial charge is 0.251 e. The lowest BCUT2D eigenvalue weighted by molar-refractivity contribution is 0.0938. The maximum atomic E-state index is 12.4. The van der Waals surface area contributed by atoms with Crippen LogP contribution in [0.1, 0.15) is 55.2 Å². The van der Waals surface area contributed by atoms with E-state index in [9.17, 15) is 4.79 Å². The number of nitrogens with one attached hydrogen (secondary N) is 1. The first-order chi connectivity index (χ1) is 10.7. The molecule has 0 unspecified atom stereocenters. The van der Waals surface area contributed by atoms with Crippen molar-refractivity contribution >= 4 is 16.9 Å². The minimum atomic E-state index is 0.0492. The Balaban J connectivity index is 1.61. The number of fused-ring (bicyclic) bond motifs is 3. The maximum absolute atomic E-state index is 12.4. The predicted octanol–water partition coefficient (Wildman–Crippen LogP) is 3.29. The lowest BCUT2D eigenvalue weighted by Crippen LogP contribution is -2.32. The summed E-state index contributed by atoms with van der Waals surface area (Å²) in [5, 5.41) is 3.16. The van der Waals surface area contributed by atoms with Crippen molar-refractivity contribution in [1.82, 2.24) is 14.9 Å². The van der Waals surface area contributed by atoms with Gasteiger partial charge < -0.3 is 9.88 Å². The van der Waals surface area contributed by atoms with Gasteiger partial charge >= 0.3 is 0 Å². The van der Waals surface area contributed by atoms with E-state index in [1.165, 1.54) is 30.6 Å². The summed E-state index contributed by atoms with van der Waals surface area (Å²) < 4.78 is 2.31.